The highest BCUT2D eigenvalue weighted by Gasteiger charge is 2.28. The van der Waals surface area contributed by atoms with E-state index in [4.69, 9.17) is 14.5 Å². The lowest BCUT2D eigenvalue weighted by atomic mass is 10.0. The molecule has 2 aliphatic heterocycles. The minimum Gasteiger partial charge on any atom is -0.486 e. The molecule has 0 saturated carbocycles. The van der Waals surface area contributed by atoms with Crippen LogP contribution >= 0.6 is 0 Å². The van der Waals surface area contributed by atoms with Gasteiger partial charge in [-0.1, -0.05) is 31.2 Å². The zero-order valence-electron chi connectivity index (χ0n) is 18.8. The number of fused-ring (bicyclic) bond motifs is 2. The van der Waals surface area contributed by atoms with Crippen LogP contribution in [-0.2, 0) is 16.0 Å². The summed E-state index contributed by atoms with van der Waals surface area (Å²) in [5.41, 5.74) is 3.85. The van der Waals surface area contributed by atoms with Gasteiger partial charge in [0.1, 0.15) is 25.4 Å². The number of hydrogen-bond donors (Lipinski definition) is 1. The van der Waals surface area contributed by atoms with Crippen LogP contribution in [0.1, 0.15) is 24.5 Å². The number of hydrogen-bond acceptors (Lipinski definition) is 6. The van der Waals surface area contributed by atoms with Crippen molar-refractivity contribution < 1.29 is 19.1 Å². The molecule has 1 aromatic heterocycles. The summed E-state index contributed by atoms with van der Waals surface area (Å²) in [6.07, 6.45) is 2.60. The van der Waals surface area contributed by atoms with Crippen LogP contribution in [0.3, 0.4) is 0 Å². The molecule has 0 radical (unpaired) electrons. The molecule has 5 rings (SSSR count). The number of carbonyl (C=O) groups excluding carboxylic acids is 2. The highest BCUT2D eigenvalue weighted by atomic mass is 16.6. The van der Waals surface area contributed by atoms with E-state index in [1.165, 1.54) is 10.5 Å². The fourth-order valence-electron chi connectivity index (χ4n) is 3.95. The SMILES string of the molecule is CCc1ccc(C2=Nc3cccnc3N(CC(=O)Nc3ccc4c(c3)OCCO4)C(=O)C2)cc1. The van der Waals surface area contributed by atoms with Gasteiger partial charge in [0, 0.05) is 18.0 Å². The Bertz CT molecular complexity index is 1270. The second-order valence-corrected chi connectivity index (χ2v) is 8.02. The van der Waals surface area contributed by atoms with E-state index in [-0.39, 0.29) is 24.8 Å². The number of carbonyl (C=O) groups is 2. The first-order valence-electron chi connectivity index (χ1n) is 11.2. The Labute approximate surface area is 197 Å². The van der Waals surface area contributed by atoms with E-state index in [1.54, 1.807) is 36.5 Å². The first kappa shape index (κ1) is 21.6. The third-order valence-electron chi connectivity index (χ3n) is 5.72. The number of aryl methyl sites for hydroxylation is 1. The highest BCUT2D eigenvalue weighted by Crippen LogP contribution is 2.33. The van der Waals surface area contributed by atoms with Crippen LogP contribution in [0.25, 0.3) is 0 Å². The maximum atomic E-state index is 13.3. The fraction of sp³-hybridized carbons (Fsp3) is 0.231. The van der Waals surface area contributed by atoms with Crippen LogP contribution < -0.4 is 19.7 Å². The minimum atomic E-state index is -0.350. The molecule has 3 aromatic rings. The Hall–Kier alpha value is -4.20. The van der Waals surface area contributed by atoms with Gasteiger partial charge >= 0.3 is 0 Å². The summed E-state index contributed by atoms with van der Waals surface area (Å²) in [4.78, 5) is 36.6. The molecular weight excluding hydrogens is 432 g/mol. The number of pyridine rings is 1. The van der Waals surface area contributed by atoms with Crippen LogP contribution in [0.5, 0.6) is 11.5 Å². The fourth-order valence-corrected chi connectivity index (χ4v) is 3.95. The Morgan fingerprint density at radius 2 is 1.85 bits per heavy atom. The van der Waals surface area contributed by atoms with Crippen molar-refractivity contribution in [3.8, 4) is 11.5 Å². The zero-order valence-corrected chi connectivity index (χ0v) is 18.8. The number of nitrogens with zero attached hydrogens (tertiary/aromatic N) is 3. The summed E-state index contributed by atoms with van der Waals surface area (Å²) in [5, 5.41) is 2.83. The van der Waals surface area contributed by atoms with E-state index < -0.39 is 0 Å². The van der Waals surface area contributed by atoms with Gasteiger partial charge in [0.2, 0.25) is 11.8 Å². The standard InChI is InChI=1S/C26H24N4O4/c1-2-17-5-7-18(8-6-17)21-15-25(32)30(26-20(29-21)4-3-11-27-26)16-24(31)28-19-9-10-22-23(14-19)34-13-12-33-22/h3-11,14H,2,12-13,15-16H2,1H3,(H,28,31). The van der Waals surface area contributed by atoms with Crippen molar-refractivity contribution >= 4 is 34.7 Å². The molecule has 172 valence electrons. The predicted molar refractivity (Wildman–Crippen MR) is 129 cm³/mol. The number of rotatable bonds is 5. The summed E-state index contributed by atoms with van der Waals surface area (Å²) in [7, 11) is 0. The molecular formula is C26H24N4O4. The molecule has 2 aliphatic rings. The van der Waals surface area contributed by atoms with Gasteiger partial charge in [-0.05, 0) is 41.8 Å². The summed E-state index contributed by atoms with van der Waals surface area (Å²) in [5.74, 6) is 0.992. The molecule has 1 N–H and O–H groups in total. The molecule has 8 heteroatoms. The molecule has 0 spiro atoms. The molecule has 0 aliphatic carbocycles. The summed E-state index contributed by atoms with van der Waals surface area (Å²) >= 11 is 0. The average molecular weight is 457 g/mol. The van der Waals surface area contributed by atoms with Crippen molar-refractivity contribution in [2.45, 2.75) is 19.8 Å². The van der Waals surface area contributed by atoms with Crippen LogP contribution in [0.2, 0.25) is 0 Å². The van der Waals surface area contributed by atoms with E-state index in [0.717, 1.165) is 12.0 Å². The Morgan fingerprint density at radius 1 is 1.06 bits per heavy atom. The lowest BCUT2D eigenvalue weighted by Gasteiger charge is -2.21. The van der Waals surface area contributed by atoms with Gasteiger partial charge in [-0.15, -0.1) is 0 Å². The number of ether oxygens (including phenoxy) is 2. The van der Waals surface area contributed by atoms with Gasteiger partial charge < -0.3 is 14.8 Å². The molecule has 0 fully saturated rings. The maximum Gasteiger partial charge on any atom is 0.244 e. The van der Waals surface area contributed by atoms with Gasteiger partial charge in [0.05, 0.1) is 12.1 Å². The highest BCUT2D eigenvalue weighted by molar-refractivity contribution is 6.18. The zero-order chi connectivity index (χ0) is 23.5. The van der Waals surface area contributed by atoms with Gasteiger partial charge in [-0.3, -0.25) is 14.5 Å². The summed E-state index contributed by atoms with van der Waals surface area (Å²) in [6.45, 7) is 2.86. The molecule has 8 nitrogen and oxygen atoms in total. The number of benzene rings is 2. The second-order valence-electron chi connectivity index (χ2n) is 8.02. The Kier molecular flexibility index (Phi) is 5.95. The number of anilines is 2. The number of nitrogens with one attached hydrogen (secondary N) is 1. The Morgan fingerprint density at radius 3 is 2.65 bits per heavy atom. The number of aliphatic imine (C=N–C) groups is 1. The first-order chi connectivity index (χ1) is 16.6. The molecule has 34 heavy (non-hydrogen) atoms. The van der Waals surface area contributed by atoms with E-state index in [9.17, 15) is 9.59 Å². The second kappa shape index (κ2) is 9.35. The van der Waals surface area contributed by atoms with E-state index >= 15 is 0 Å². The normalized spacial score (nSPS) is 14.7. The van der Waals surface area contributed by atoms with Crippen molar-refractivity contribution in [3.63, 3.8) is 0 Å². The van der Waals surface area contributed by atoms with Crippen molar-refractivity contribution in [3.05, 3.63) is 71.9 Å². The topological polar surface area (TPSA) is 93.1 Å². The molecule has 0 bridgehead atoms. The number of aromatic nitrogens is 1. The third-order valence-corrected chi connectivity index (χ3v) is 5.72. The molecule has 3 heterocycles. The van der Waals surface area contributed by atoms with E-state index in [1.807, 2.05) is 24.3 Å². The van der Waals surface area contributed by atoms with Crippen LogP contribution in [0, 0.1) is 0 Å². The summed E-state index contributed by atoms with van der Waals surface area (Å²) < 4.78 is 11.1. The molecule has 0 atom stereocenters. The molecule has 0 unspecified atom stereocenters. The molecule has 2 aromatic carbocycles. The van der Waals surface area contributed by atoms with Gasteiger partial charge in [0.15, 0.2) is 17.3 Å². The minimum absolute atomic E-state index is 0.0686. The third kappa shape index (κ3) is 4.47. The van der Waals surface area contributed by atoms with Crippen molar-refractivity contribution in [2.24, 2.45) is 4.99 Å². The van der Waals surface area contributed by atoms with Gasteiger partial charge in [0.25, 0.3) is 0 Å². The quantitative estimate of drug-likeness (QED) is 0.628. The maximum absolute atomic E-state index is 13.3. The monoisotopic (exact) mass is 456 g/mol. The van der Waals surface area contributed by atoms with Gasteiger partial charge in [-0.2, -0.15) is 0 Å². The lowest BCUT2D eigenvalue weighted by molar-refractivity contribution is -0.120. The van der Waals surface area contributed by atoms with Gasteiger partial charge in [-0.25, -0.2) is 9.98 Å². The predicted octanol–water partition coefficient (Wildman–Crippen LogP) is 3.91. The number of amides is 2. The van der Waals surface area contributed by atoms with E-state index in [2.05, 4.69) is 17.2 Å². The van der Waals surface area contributed by atoms with Crippen LogP contribution in [0.4, 0.5) is 17.2 Å². The lowest BCUT2D eigenvalue weighted by Crippen LogP contribution is -2.39. The van der Waals surface area contributed by atoms with Crippen LogP contribution in [0.15, 0.2) is 65.8 Å². The smallest absolute Gasteiger partial charge is 0.244 e. The molecule has 2 amide bonds. The molecule has 0 saturated heterocycles. The van der Waals surface area contributed by atoms with Crippen LogP contribution in [-0.4, -0.2) is 42.3 Å². The Balaban J connectivity index is 1.37. The van der Waals surface area contributed by atoms with Crippen molar-refractivity contribution in [1.29, 1.82) is 0 Å². The first-order valence-corrected chi connectivity index (χ1v) is 11.2. The van der Waals surface area contributed by atoms with E-state index in [0.29, 0.717) is 47.6 Å². The largest absolute Gasteiger partial charge is 0.486 e. The average Bonchev–Trinajstić information content (AvgIpc) is 3.00. The van der Waals surface area contributed by atoms with Crippen molar-refractivity contribution in [1.82, 2.24) is 4.98 Å². The van der Waals surface area contributed by atoms with Crippen molar-refractivity contribution in [2.75, 3.05) is 30.0 Å². The summed E-state index contributed by atoms with van der Waals surface area (Å²) in [6, 6.07) is 16.8.